The number of nitrogens with zero attached hydrogens (tertiary/aromatic N) is 1. The van der Waals surface area contributed by atoms with E-state index in [0.717, 1.165) is 0 Å². The molecule has 1 aromatic rings. The number of carboxylic acid groups (broad SMARTS) is 1. The van der Waals surface area contributed by atoms with Crippen LogP contribution >= 0.6 is 0 Å². The Labute approximate surface area is 67.7 Å². The van der Waals surface area contributed by atoms with Crippen molar-refractivity contribution in [2.24, 2.45) is 0 Å². The highest BCUT2D eigenvalue weighted by Crippen LogP contribution is 1.85. The third kappa shape index (κ3) is 6.60. The van der Waals surface area contributed by atoms with Gasteiger partial charge >= 0.3 is 5.97 Å². The summed E-state index contributed by atoms with van der Waals surface area (Å²) in [4.78, 5) is 12.3. The molecule has 0 fully saturated rings. The minimum atomic E-state index is -1.41. The van der Waals surface area contributed by atoms with Gasteiger partial charge in [-0.3, -0.25) is 0 Å². The fourth-order valence-electron chi connectivity index (χ4n) is 0.342. The van der Waals surface area contributed by atoms with Gasteiger partial charge in [-0.2, -0.15) is 4.39 Å². The van der Waals surface area contributed by atoms with E-state index in [9.17, 15) is 8.78 Å². The highest BCUT2D eigenvalue weighted by atomic mass is 19.1. The highest BCUT2D eigenvalue weighted by Gasteiger charge is 1.85. The first-order valence-corrected chi connectivity index (χ1v) is 3.01. The summed E-state index contributed by atoms with van der Waals surface area (Å²) in [6.07, 6.45) is 1.41. The molecule has 0 spiro atoms. The Kier molecular flexibility index (Phi) is 5.42. The Morgan fingerprint density at radius 3 is 2.33 bits per heavy atom. The average molecular weight is 175 g/mol. The Morgan fingerprint density at radius 1 is 1.58 bits per heavy atom. The molecule has 1 heterocycles. The lowest BCUT2D eigenvalue weighted by atomic mass is 10.5. The first kappa shape index (κ1) is 10.5. The van der Waals surface area contributed by atoms with Gasteiger partial charge in [-0.05, 0) is 12.1 Å². The van der Waals surface area contributed by atoms with Crippen molar-refractivity contribution in [2.75, 3.05) is 6.67 Å². The molecule has 0 saturated heterocycles. The van der Waals surface area contributed by atoms with E-state index >= 15 is 0 Å². The lowest BCUT2D eigenvalue weighted by molar-refractivity contribution is -0.137. The highest BCUT2D eigenvalue weighted by molar-refractivity contribution is 5.67. The second-order valence-corrected chi connectivity index (χ2v) is 1.68. The summed E-state index contributed by atoms with van der Waals surface area (Å²) in [7, 11) is 0. The van der Waals surface area contributed by atoms with E-state index in [1.54, 1.807) is 12.1 Å². The van der Waals surface area contributed by atoms with Gasteiger partial charge in [-0.25, -0.2) is 14.2 Å². The minimum absolute atomic E-state index is 0.428. The van der Waals surface area contributed by atoms with Gasteiger partial charge < -0.3 is 5.11 Å². The molecule has 0 saturated carbocycles. The molecule has 1 rings (SSSR count). The normalized spacial score (nSPS) is 8.17. The first-order chi connectivity index (χ1) is 5.66. The van der Waals surface area contributed by atoms with Gasteiger partial charge in [0.2, 0.25) is 5.95 Å². The second kappa shape index (κ2) is 6.21. The van der Waals surface area contributed by atoms with Crippen molar-refractivity contribution in [2.45, 2.75) is 0 Å². The van der Waals surface area contributed by atoms with Gasteiger partial charge in [0.05, 0.1) is 0 Å². The molecule has 0 radical (unpaired) electrons. The number of aliphatic carboxylic acids is 1. The van der Waals surface area contributed by atoms with Crippen LogP contribution in [0.5, 0.6) is 0 Å². The molecule has 66 valence electrons. The van der Waals surface area contributed by atoms with Crippen LogP contribution in [0.15, 0.2) is 24.4 Å². The summed E-state index contributed by atoms with van der Waals surface area (Å²) in [6.45, 7) is -1.28. The smallest absolute Gasteiger partial charge is 0.335 e. The number of carboxylic acids is 1. The van der Waals surface area contributed by atoms with E-state index in [1.165, 1.54) is 12.3 Å². The molecule has 0 aliphatic rings. The molecule has 0 aromatic carbocycles. The third-order valence-electron chi connectivity index (χ3n) is 0.743. The van der Waals surface area contributed by atoms with Gasteiger partial charge in [0.25, 0.3) is 0 Å². The van der Waals surface area contributed by atoms with Crippen molar-refractivity contribution in [3.8, 4) is 0 Å². The van der Waals surface area contributed by atoms with E-state index in [-0.39, 0.29) is 0 Å². The number of halogens is 2. The van der Waals surface area contributed by atoms with Crippen LogP contribution in [-0.2, 0) is 4.79 Å². The summed E-state index contributed by atoms with van der Waals surface area (Å²) in [5.41, 5.74) is 0. The number of rotatable bonds is 1. The van der Waals surface area contributed by atoms with Crippen LogP contribution in [0.3, 0.4) is 0 Å². The van der Waals surface area contributed by atoms with E-state index in [4.69, 9.17) is 9.90 Å². The maximum atomic E-state index is 11.8. The van der Waals surface area contributed by atoms with Crippen molar-refractivity contribution in [1.82, 2.24) is 4.98 Å². The zero-order chi connectivity index (χ0) is 9.40. The van der Waals surface area contributed by atoms with E-state index < -0.39 is 18.6 Å². The SMILES string of the molecule is Fc1ccccn1.O=C(O)CF. The molecule has 0 bridgehead atoms. The number of hydrogen-bond acceptors (Lipinski definition) is 2. The molecule has 0 unspecified atom stereocenters. The molecule has 1 aromatic heterocycles. The third-order valence-corrected chi connectivity index (χ3v) is 0.743. The Balaban J connectivity index is 0.000000217. The van der Waals surface area contributed by atoms with Gasteiger partial charge in [0, 0.05) is 6.20 Å². The summed E-state index contributed by atoms with van der Waals surface area (Å²) >= 11 is 0. The summed E-state index contributed by atoms with van der Waals surface area (Å²) < 4.78 is 22.3. The summed E-state index contributed by atoms with van der Waals surface area (Å²) in [6, 6.07) is 4.57. The van der Waals surface area contributed by atoms with Gasteiger partial charge in [0.15, 0.2) is 6.67 Å². The Bertz CT molecular complexity index is 228. The van der Waals surface area contributed by atoms with E-state index in [0.29, 0.717) is 0 Å². The summed E-state index contributed by atoms with van der Waals surface area (Å²) in [5, 5.41) is 7.35. The van der Waals surface area contributed by atoms with Crippen LogP contribution in [0.2, 0.25) is 0 Å². The molecular weight excluding hydrogens is 168 g/mol. The quantitative estimate of drug-likeness (QED) is 0.653. The maximum Gasteiger partial charge on any atom is 0.335 e. The molecule has 5 heteroatoms. The molecular formula is C7H7F2NO2. The molecule has 12 heavy (non-hydrogen) atoms. The predicted octanol–water partition coefficient (Wildman–Crippen LogP) is 1.26. The fraction of sp³-hybridized carbons (Fsp3) is 0.143. The minimum Gasteiger partial charge on any atom is -0.479 e. The predicted molar refractivity (Wildman–Crippen MR) is 37.8 cm³/mol. The van der Waals surface area contributed by atoms with Gasteiger partial charge in [0.1, 0.15) is 0 Å². The zero-order valence-corrected chi connectivity index (χ0v) is 6.08. The molecule has 1 N–H and O–H groups in total. The lowest BCUT2D eigenvalue weighted by Gasteiger charge is -1.78. The lowest BCUT2D eigenvalue weighted by Crippen LogP contribution is -1.93. The standard InChI is InChI=1S/C5H4FN.C2H3FO2/c6-5-3-1-2-4-7-5;3-1-2(4)5/h1-4H;1H2,(H,4,5). The number of aromatic nitrogens is 1. The largest absolute Gasteiger partial charge is 0.479 e. The van der Waals surface area contributed by atoms with Crippen LogP contribution in [0, 0.1) is 5.95 Å². The van der Waals surface area contributed by atoms with E-state index in [2.05, 4.69) is 4.98 Å². The Hall–Kier alpha value is -1.52. The zero-order valence-electron chi connectivity index (χ0n) is 6.08. The fourth-order valence-corrected chi connectivity index (χ4v) is 0.342. The van der Waals surface area contributed by atoms with Crippen LogP contribution in [0.4, 0.5) is 8.78 Å². The number of hydrogen-bond donors (Lipinski definition) is 1. The van der Waals surface area contributed by atoms with Crippen molar-refractivity contribution < 1.29 is 18.7 Å². The number of alkyl halides is 1. The molecule has 0 aliphatic heterocycles. The van der Waals surface area contributed by atoms with Gasteiger partial charge in [-0.15, -0.1) is 0 Å². The average Bonchev–Trinajstić information content (AvgIpc) is 2.07. The second-order valence-electron chi connectivity index (χ2n) is 1.68. The van der Waals surface area contributed by atoms with Crippen molar-refractivity contribution in [3.63, 3.8) is 0 Å². The van der Waals surface area contributed by atoms with Crippen molar-refractivity contribution >= 4 is 5.97 Å². The summed E-state index contributed by atoms with van der Waals surface area (Å²) in [5.74, 6) is -1.84. The monoisotopic (exact) mass is 175 g/mol. The first-order valence-electron chi connectivity index (χ1n) is 3.01. The number of pyridine rings is 1. The Morgan fingerprint density at radius 2 is 2.17 bits per heavy atom. The molecule has 0 aliphatic carbocycles. The number of carbonyl (C=O) groups is 1. The van der Waals surface area contributed by atoms with Crippen molar-refractivity contribution in [1.29, 1.82) is 0 Å². The van der Waals surface area contributed by atoms with Crippen molar-refractivity contribution in [3.05, 3.63) is 30.3 Å². The van der Waals surface area contributed by atoms with Crippen LogP contribution in [0.1, 0.15) is 0 Å². The maximum absolute atomic E-state index is 11.8. The molecule has 3 nitrogen and oxygen atoms in total. The van der Waals surface area contributed by atoms with Gasteiger partial charge in [-0.1, -0.05) is 6.07 Å². The topological polar surface area (TPSA) is 50.2 Å². The molecule has 0 amide bonds. The van der Waals surface area contributed by atoms with Crippen LogP contribution in [0.25, 0.3) is 0 Å². The van der Waals surface area contributed by atoms with Crippen LogP contribution < -0.4 is 0 Å². The van der Waals surface area contributed by atoms with E-state index in [1.807, 2.05) is 0 Å². The van der Waals surface area contributed by atoms with Crippen LogP contribution in [-0.4, -0.2) is 22.7 Å². The molecule has 0 atom stereocenters.